The number of nitrogens with one attached hydrogen (secondary N) is 2. The first-order valence-electron chi connectivity index (χ1n) is 8.91. The van der Waals surface area contributed by atoms with Gasteiger partial charge in [-0.3, -0.25) is 10.1 Å². The molecule has 0 aliphatic carbocycles. The number of aromatic nitrogens is 3. The van der Waals surface area contributed by atoms with Crippen LogP contribution < -0.4 is 16.5 Å². The summed E-state index contributed by atoms with van der Waals surface area (Å²) in [6.07, 6.45) is 0.519. The summed E-state index contributed by atoms with van der Waals surface area (Å²) in [5.41, 5.74) is 1.09. The number of nitrogens with two attached hydrogens (primary N) is 1. The van der Waals surface area contributed by atoms with Crippen LogP contribution in [0.3, 0.4) is 0 Å². The normalized spacial score (nSPS) is 11.9. The second-order valence-electron chi connectivity index (χ2n) is 6.19. The number of amides is 3. The highest BCUT2D eigenvalue weighted by Gasteiger charge is 2.21. The zero-order valence-corrected chi connectivity index (χ0v) is 16.5. The van der Waals surface area contributed by atoms with Crippen LogP contribution in [-0.4, -0.2) is 38.6 Å². The molecule has 2 aromatic carbocycles. The maximum Gasteiger partial charge on any atom is 0.321 e. The van der Waals surface area contributed by atoms with Crippen molar-refractivity contribution in [1.82, 2.24) is 25.5 Å². The standard InChI is InChI=1S/C19H22N6O2S/c1-3-21-18(27)22-17(26)12(2)28-19-24-23-16(25(19)20)11-14-9-6-8-13-7-4-5-10-15(13)14/h4-10,12H,3,11,20H2,1-2H3,(H2,21,22,26,27). The lowest BCUT2D eigenvalue weighted by molar-refractivity contribution is -0.119. The first-order chi connectivity index (χ1) is 13.5. The number of urea groups is 1. The van der Waals surface area contributed by atoms with Gasteiger partial charge < -0.3 is 11.2 Å². The number of rotatable bonds is 6. The van der Waals surface area contributed by atoms with Crippen LogP contribution in [0.5, 0.6) is 0 Å². The number of hydrogen-bond acceptors (Lipinski definition) is 6. The predicted octanol–water partition coefficient (Wildman–Crippen LogP) is 2.06. The molecular weight excluding hydrogens is 376 g/mol. The smallest absolute Gasteiger partial charge is 0.321 e. The Morgan fingerprint density at radius 1 is 1.18 bits per heavy atom. The molecule has 0 fully saturated rings. The number of thioether (sulfide) groups is 1. The fourth-order valence-corrected chi connectivity index (χ4v) is 3.54. The first kappa shape index (κ1) is 19.7. The summed E-state index contributed by atoms with van der Waals surface area (Å²) in [6.45, 7) is 3.89. The number of benzene rings is 2. The van der Waals surface area contributed by atoms with Crippen LogP contribution in [0.1, 0.15) is 25.2 Å². The molecule has 0 saturated heterocycles. The summed E-state index contributed by atoms with van der Waals surface area (Å²) in [6, 6.07) is 13.7. The molecular formula is C19H22N6O2S. The van der Waals surface area contributed by atoms with E-state index in [0.717, 1.165) is 28.1 Å². The Bertz CT molecular complexity index is 998. The Labute approximate surface area is 166 Å². The molecule has 0 aliphatic heterocycles. The maximum atomic E-state index is 12.1. The van der Waals surface area contributed by atoms with Crippen molar-refractivity contribution in [2.75, 3.05) is 12.4 Å². The monoisotopic (exact) mass is 398 g/mol. The van der Waals surface area contributed by atoms with E-state index >= 15 is 0 Å². The van der Waals surface area contributed by atoms with Crippen LogP contribution in [0.15, 0.2) is 47.6 Å². The average Bonchev–Trinajstić information content (AvgIpc) is 3.02. The van der Waals surface area contributed by atoms with Crippen molar-refractivity contribution in [1.29, 1.82) is 0 Å². The van der Waals surface area contributed by atoms with E-state index in [1.165, 1.54) is 4.68 Å². The molecule has 8 nitrogen and oxygen atoms in total. The molecule has 28 heavy (non-hydrogen) atoms. The third kappa shape index (κ3) is 4.42. The van der Waals surface area contributed by atoms with Crippen molar-refractivity contribution in [3.05, 3.63) is 53.9 Å². The van der Waals surface area contributed by atoms with E-state index in [1.54, 1.807) is 13.8 Å². The van der Waals surface area contributed by atoms with Crippen molar-refractivity contribution >= 4 is 34.5 Å². The maximum absolute atomic E-state index is 12.1. The fourth-order valence-electron chi connectivity index (χ4n) is 2.76. The van der Waals surface area contributed by atoms with Crippen molar-refractivity contribution in [3.8, 4) is 0 Å². The minimum absolute atomic E-state index is 0.411. The number of fused-ring (bicyclic) bond motifs is 1. The van der Waals surface area contributed by atoms with Gasteiger partial charge in [-0.2, -0.15) is 0 Å². The van der Waals surface area contributed by atoms with E-state index in [2.05, 4.69) is 39.0 Å². The first-order valence-corrected chi connectivity index (χ1v) is 9.79. The SMILES string of the molecule is CCNC(=O)NC(=O)C(C)Sc1nnc(Cc2cccc3ccccc23)n1N. The largest absolute Gasteiger partial charge is 0.338 e. The highest BCUT2D eigenvalue weighted by Crippen LogP contribution is 2.24. The van der Waals surface area contributed by atoms with Gasteiger partial charge in [-0.15, -0.1) is 10.2 Å². The van der Waals surface area contributed by atoms with Gasteiger partial charge in [0.25, 0.3) is 0 Å². The predicted molar refractivity (Wildman–Crippen MR) is 109 cm³/mol. The van der Waals surface area contributed by atoms with Crippen LogP contribution in [0.25, 0.3) is 10.8 Å². The quantitative estimate of drug-likeness (QED) is 0.432. The topological polar surface area (TPSA) is 115 Å². The van der Waals surface area contributed by atoms with Crippen LogP contribution >= 0.6 is 11.8 Å². The molecule has 146 valence electrons. The summed E-state index contributed by atoms with van der Waals surface area (Å²) >= 11 is 1.15. The van der Waals surface area contributed by atoms with Gasteiger partial charge in [0.15, 0.2) is 5.82 Å². The summed E-state index contributed by atoms with van der Waals surface area (Å²) in [5.74, 6) is 6.32. The van der Waals surface area contributed by atoms with Gasteiger partial charge in [-0.25, -0.2) is 9.47 Å². The van der Waals surface area contributed by atoms with Crippen molar-refractivity contribution in [3.63, 3.8) is 0 Å². The van der Waals surface area contributed by atoms with E-state index < -0.39 is 17.2 Å². The lowest BCUT2D eigenvalue weighted by atomic mass is 10.0. The van der Waals surface area contributed by atoms with Gasteiger partial charge >= 0.3 is 6.03 Å². The van der Waals surface area contributed by atoms with Crippen LogP contribution in [-0.2, 0) is 11.2 Å². The molecule has 3 aromatic rings. The molecule has 1 heterocycles. The summed E-state index contributed by atoms with van der Waals surface area (Å²) in [7, 11) is 0. The Balaban J connectivity index is 1.71. The van der Waals surface area contributed by atoms with E-state index in [1.807, 2.05) is 24.3 Å². The number of nitrogen functional groups attached to an aromatic ring is 1. The van der Waals surface area contributed by atoms with Crippen molar-refractivity contribution < 1.29 is 9.59 Å². The summed E-state index contributed by atoms with van der Waals surface area (Å²) in [4.78, 5) is 23.6. The number of imide groups is 1. The fraction of sp³-hybridized carbons (Fsp3) is 0.263. The lowest BCUT2D eigenvalue weighted by Gasteiger charge is -2.11. The van der Waals surface area contributed by atoms with Crippen LogP contribution in [0, 0.1) is 0 Å². The highest BCUT2D eigenvalue weighted by molar-refractivity contribution is 8.00. The van der Waals surface area contributed by atoms with E-state index in [-0.39, 0.29) is 0 Å². The van der Waals surface area contributed by atoms with Gasteiger partial charge in [-0.1, -0.05) is 54.2 Å². The summed E-state index contributed by atoms with van der Waals surface area (Å²) < 4.78 is 1.39. The minimum Gasteiger partial charge on any atom is -0.338 e. The molecule has 1 aromatic heterocycles. The number of carbonyl (C=O) groups is 2. The van der Waals surface area contributed by atoms with E-state index in [4.69, 9.17) is 5.84 Å². The summed E-state index contributed by atoms with van der Waals surface area (Å²) in [5, 5.41) is 15.2. The molecule has 1 unspecified atom stereocenters. The molecule has 3 rings (SSSR count). The zero-order chi connectivity index (χ0) is 20.1. The molecule has 0 saturated carbocycles. The second-order valence-corrected chi connectivity index (χ2v) is 7.50. The van der Waals surface area contributed by atoms with Gasteiger partial charge in [0.05, 0.1) is 5.25 Å². The zero-order valence-electron chi connectivity index (χ0n) is 15.7. The van der Waals surface area contributed by atoms with Gasteiger partial charge in [-0.05, 0) is 30.2 Å². The molecule has 0 radical (unpaired) electrons. The van der Waals surface area contributed by atoms with Gasteiger partial charge in [0, 0.05) is 13.0 Å². The van der Waals surface area contributed by atoms with Gasteiger partial charge in [0.1, 0.15) is 0 Å². The van der Waals surface area contributed by atoms with E-state index in [9.17, 15) is 9.59 Å². The van der Waals surface area contributed by atoms with Crippen molar-refractivity contribution in [2.24, 2.45) is 0 Å². The molecule has 1 atom stereocenters. The highest BCUT2D eigenvalue weighted by atomic mass is 32.2. The number of hydrogen-bond donors (Lipinski definition) is 3. The molecule has 9 heteroatoms. The average molecular weight is 398 g/mol. The van der Waals surface area contributed by atoms with E-state index in [0.29, 0.717) is 23.9 Å². The third-order valence-corrected chi connectivity index (χ3v) is 5.25. The molecule has 4 N–H and O–H groups in total. The van der Waals surface area contributed by atoms with Gasteiger partial charge in [0.2, 0.25) is 11.1 Å². The third-order valence-electron chi connectivity index (χ3n) is 4.19. The second kappa shape index (κ2) is 8.75. The molecule has 3 amide bonds. The molecule has 0 spiro atoms. The van der Waals surface area contributed by atoms with Crippen LogP contribution in [0.2, 0.25) is 0 Å². The lowest BCUT2D eigenvalue weighted by Crippen LogP contribution is -2.42. The molecule has 0 bridgehead atoms. The minimum atomic E-state index is -0.556. The Morgan fingerprint density at radius 2 is 1.93 bits per heavy atom. The Morgan fingerprint density at radius 3 is 2.71 bits per heavy atom. The van der Waals surface area contributed by atoms with Crippen LogP contribution in [0.4, 0.5) is 4.79 Å². The number of carbonyl (C=O) groups excluding carboxylic acids is 2. The Hall–Kier alpha value is -3.07. The Kier molecular flexibility index (Phi) is 6.15. The number of nitrogens with zero attached hydrogens (tertiary/aromatic N) is 3. The van der Waals surface area contributed by atoms with Crippen molar-refractivity contribution in [2.45, 2.75) is 30.7 Å². The molecule has 0 aliphatic rings.